The Morgan fingerprint density at radius 2 is 1.71 bits per heavy atom. The molecule has 172 valence electrons. The van der Waals surface area contributed by atoms with Crippen molar-refractivity contribution < 1.29 is 14.6 Å². The highest BCUT2D eigenvalue weighted by Gasteiger charge is 2.19. The minimum Gasteiger partial charge on any atom is -0.480 e. The van der Waals surface area contributed by atoms with E-state index in [0.717, 1.165) is 35.1 Å². The maximum Gasteiger partial charge on any atom is 0.326 e. The van der Waals surface area contributed by atoms with Crippen LogP contribution in [0.4, 0.5) is 0 Å². The van der Waals surface area contributed by atoms with Gasteiger partial charge in [0.2, 0.25) is 5.88 Å². The van der Waals surface area contributed by atoms with Crippen LogP contribution in [0.1, 0.15) is 29.5 Å². The van der Waals surface area contributed by atoms with Crippen LogP contribution in [0.2, 0.25) is 0 Å². The van der Waals surface area contributed by atoms with Crippen molar-refractivity contribution in [3.05, 3.63) is 114 Å². The molecule has 0 saturated carbocycles. The molecule has 0 amide bonds. The SMILES string of the molecule is O=C(O)C(Cc1ccccc1)NC1=C/C(c2ccc(OCc3ccccc3)nc2)=C\CC/C=N\1. The second kappa shape index (κ2) is 11.6. The number of carboxylic acids is 1. The average molecular weight is 454 g/mol. The quantitative estimate of drug-likeness (QED) is 0.474. The highest BCUT2D eigenvalue weighted by molar-refractivity contribution is 5.77. The molecule has 0 bridgehead atoms. The van der Waals surface area contributed by atoms with Crippen molar-refractivity contribution in [1.29, 1.82) is 0 Å². The second-order valence-electron chi connectivity index (χ2n) is 7.96. The van der Waals surface area contributed by atoms with Crippen LogP contribution in [-0.4, -0.2) is 28.3 Å². The standard InChI is InChI=1S/C28H27N3O3/c32-28(33)25(17-21-9-3-1-4-10-21)31-26-18-23(13-7-8-16-29-26)24-14-15-27(30-19-24)34-20-22-11-5-2-6-12-22/h1-6,9-16,18-19,25,31H,7-8,17,20H2,(H,32,33)/b23-13+,26-18+,29-16-. The lowest BCUT2D eigenvalue weighted by Crippen LogP contribution is -2.37. The Hall–Kier alpha value is -4.19. The van der Waals surface area contributed by atoms with Crippen LogP contribution in [-0.2, 0) is 17.8 Å². The molecule has 0 aliphatic carbocycles. The summed E-state index contributed by atoms with van der Waals surface area (Å²) < 4.78 is 5.79. The second-order valence-corrected chi connectivity index (χ2v) is 7.96. The molecule has 2 N–H and O–H groups in total. The number of benzene rings is 2. The molecule has 2 aromatic carbocycles. The zero-order chi connectivity index (χ0) is 23.6. The summed E-state index contributed by atoms with van der Waals surface area (Å²) in [5.41, 5.74) is 3.88. The molecule has 34 heavy (non-hydrogen) atoms. The fraction of sp³-hybridized carbons (Fsp3) is 0.179. The molecule has 1 unspecified atom stereocenters. The summed E-state index contributed by atoms with van der Waals surface area (Å²) in [6.45, 7) is 0.455. The Labute approximate surface area is 199 Å². The molecule has 1 aromatic heterocycles. The van der Waals surface area contributed by atoms with Gasteiger partial charge in [-0.15, -0.1) is 0 Å². The Kier molecular flexibility index (Phi) is 7.85. The normalized spacial score (nSPS) is 18.2. The van der Waals surface area contributed by atoms with Gasteiger partial charge in [0.1, 0.15) is 18.5 Å². The van der Waals surface area contributed by atoms with E-state index in [1.54, 1.807) is 6.20 Å². The van der Waals surface area contributed by atoms with E-state index in [0.29, 0.717) is 24.7 Å². The Balaban J connectivity index is 1.47. The van der Waals surface area contributed by atoms with E-state index >= 15 is 0 Å². The van der Waals surface area contributed by atoms with Crippen LogP contribution in [0.25, 0.3) is 5.57 Å². The molecular weight excluding hydrogens is 426 g/mol. The van der Waals surface area contributed by atoms with Gasteiger partial charge in [-0.25, -0.2) is 14.8 Å². The molecule has 6 heteroatoms. The number of carbonyl (C=O) groups is 1. The third kappa shape index (κ3) is 6.65. The Morgan fingerprint density at radius 3 is 2.38 bits per heavy atom. The number of ether oxygens (including phenoxy) is 1. The first-order valence-electron chi connectivity index (χ1n) is 11.3. The average Bonchev–Trinajstić information content (AvgIpc) is 2.85. The van der Waals surface area contributed by atoms with Gasteiger partial charge in [0.25, 0.3) is 0 Å². The van der Waals surface area contributed by atoms with Gasteiger partial charge < -0.3 is 15.2 Å². The van der Waals surface area contributed by atoms with Gasteiger partial charge in [0.05, 0.1) is 0 Å². The van der Waals surface area contributed by atoms with Gasteiger partial charge in [-0.3, -0.25) is 0 Å². The van der Waals surface area contributed by atoms with Crippen LogP contribution in [0.3, 0.4) is 0 Å². The van der Waals surface area contributed by atoms with Gasteiger partial charge in [0.15, 0.2) is 0 Å². The maximum absolute atomic E-state index is 11.9. The van der Waals surface area contributed by atoms with Gasteiger partial charge in [0, 0.05) is 30.5 Å². The van der Waals surface area contributed by atoms with Crippen molar-refractivity contribution in [1.82, 2.24) is 10.3 Å². The summed E-state index contributed by atoms with van der Waals surface area (Å²) in [7, 11) is 0. The Morgan fingerprint density at radius 1 is 0.971 bits per heavy atom. The number of hydrogen-bond donors (Lipinski definition) is 2. The lowest BCUT2D eigenvalue weighted by molar-refractivity contribution is -0.139. The molecule has 2 heterocycles. The van der Waals surface area contributed by atoms with E-state index in [4.69, 9.17) is 4.74 Å². The van der Waals surface area contributed by atoms with Crippen molar-refractivity contribution in [2.45, 2.75) is 31.9 Å². The summed E-state index contributed by atoms with van der Waals surface area (Å²) in [5, 5.41) is 12.9. The highest BCUT2D eigenvalue weighted by Crippen LogP contribution is 2.22. The monoisotopic (exact) mass is 453 g/mol. The molecule has 1 atom stereocenters. The predicted octanol–water partition coefficient (Wildman–Crippen LogP) is 5.04. The van der Waals surface area contributed by atoms with E-state index in [9.17, 15) is 9.90 Å². The van der Waals surface area contributed by atoms with Crippen molar-refractivity contribution >= 4 is 17.8 Å². The number of aromatic nitrogens is 1. The summed E-state index contributed by atoms with van der Waals surface area (Å²) in [4.78, 5) is 20.8. The number of nitrogens with one attached hydrogen (secondary N) is 1. The lowest BCUT2D eigenvalue weighted by atomic mass is 10.0. The maximum atomic E-state index is 11.9. The molecule has 0 saturated heterocycles. The number of allylic oxidation sites excluding steroid dienone is 3. The molecule has 1 aliphatic rings. The van der Waals surface area contributed by atoms with E-state index in [1.807, 2.05) is 85.1 Å². The molecule has 3 aromatic rings. The summed E-state index contributed by atoms with van der Waals surface area (Å²) in [6.07, 6.45) is 9.53. The van der Waals surface area contributed by atoms with Crippen LogP contribution in [0, 0.1) is 0 Å². The Bertz CT molecular complexity index is 1170. The van der Waals surface area contributed by atoms with Crippen LogP contribution in [0.15, 0.2) is 102 Å². The number of carboxylic acid groups (broad SMARTS) is 1. The number of nitrogens with zero attached hydrogens (tertiary/aromatic N) is 2. The zero-order valence-electron chi connectivity index (χ0n) is 18.8. The van der Waals surface area contributed by atoms with Crippen molar-refractivity contribution in [2.75, 3.05) is 0 Å². The molecule has 4 rings (SSSR count). The highest BCUT2D eigenvalue weighted by atomic mass is 16.5. The zero-order valence-corrected chi connectivity index (χ0v) is 18.8. The smallest absolute Gasteiger partial charge is 0.326 e. The topological polar surface area (TPSA) is 83.8 Å². The molecule has 0 radical (unpaired) electrons. The van der Waals surface area contributed by atoms with Gasteiger partial charge >= 0.3 is 5.97 Å². The summed E-state index contributed by atoms with van der Waals surface area (Å²) in [6, 6.07) is 22.5. The third-order valence-electron chi connectivity index (χ3n) is 5.38. The fourth-order valence-corrected chi connectivity index (χ4v) is 3.60. The largest absolute Gasteiger partial charge is 0.480 e. The number of pyridine rings is 1. The minimum atomic E-state index is -0.922. The number of aliphatic imine (C=N–C) groups is 1. The summed E-state index contributed by atoms with van der Waals surface area (Å²) >= 11 is 0. The molecule has 0 fully saturated rings. The van der Waals surface area contributed by atoms with Gasteiger partial charge in [-0.05, 0) is 41.7 Å². The van der Waals surface area contributed by atoms with Crippen LogP contribution < -0.4 is 10.1 Å². The van der Waals surface area contributed by atoms with Crippen LogP contribution in [0.5, 0.6) is 5.88 Å². The van der Waals surface area contributed by atoms with Gasteiger partial charge in [-0.1, -0.05) is 66.7 Å². The number of hydrogen-bond acceptors (Lipinski definition) is 5. The van der Waals surface area contributed by atoms with Crippen LogP contribution >= 0.6 is 0 Å². The minimum absolute atomic E-state index is 0.358. The molecular formula is C28H27N3O3. The first-order valence-corrected chi connectivity index (χ1v) is 11.3. The predicted molar refractivity (Wildman–Crippen MR) is 134 cm³/mol. The van der Waals surface area contributed by atoms with Crippen molar-refractivity contribution in [3.8, 4) is 5.88 Å². The number of aliphatic carboxylic acids is 1. The van der Waals surface area contributed by atoms with E-state index in [1.165, 1.54) is 0 Å². The van der Waals surface area contributed by atoms with Crippen molar-refractivity contribution in [3.63, 3.8) is 0 Å². The molecule has 0 spiro atoms. The molecule has 1 aliphatic heterocycles. The van der Waals surface area contributed by atoms with Crippen molar-refractivity contribution in [2.24, 2.45) is 4.99 Å². The number of rotatable bonds is 9. The molecule has 6 nitrogen and oxygen atoms in total. The van der Waals surface area contributed by atoms with Gasteiger partial charge in [-0.2, -0.15) is 0 Å². The van der Waals surface area contributed by atoms with E-state index in [-0.39, 0.29) is 0 Å². The third-order valence-corrected chi connectivity index (χ3v) is 5.38. The first kappa shape index (κ1) is 23.0. The summed E-state index contributed by atoms with van der Waals surface area (Å²) in [5.74, 6) is 0.140. The first-order chi connectivity index (χ1) is 16.7. The van der Waals surface area contributed by atoms with E-state index < -0.39 is 12.0 Å². The fourth-order valence-electron chi connectivity index (χ4n) is 3.60. The van der Waals surface area contributed by atoms with E-state index in [2.05, 4.69) is 21.4 Å². The lowest BCUT2D eigenvalue weighted by Gasteiger charge is -2.17.